The lowest BCUT2D eigenvalue weighted by Crippen LogP contribution is -2.27. The SMILES string of the molecule is COc1ccc(C2(c3cccc(-c4cccnc4F)c3)COC=N2)cc1C. The van der Waals surface area contributed by atoms with E-state index >= 15 is 0 Å². The van der Waals surface area contributed by atoms with Crippen LogP contribution in [-0.2, 0) is 10.3 Å². The lowest BCUT2D eigenvalue weighted by Gasteiger charge is -2.27. The van der Waals surface area contributed by atoms with E-state index in [4.69, 9.17) is 9.47 Å². The van der Waals surface area contributed by atoms with Crippen molar-refractivity contribution in [3.63, 3.8) is 0 Å². The minimum absolute atomic E-state index is 0.387. The highest BCUT2D eigenvalue weighted by Crippen LogP contribution is 2.39. The van der Waals surface area contributed by atoms with E-state index in [-0.39, 0.29) is 0 Å². The largest absolute Gasteiger partial charge is 0.496 e. The molecule has 1 atom stereocenters. The van der Waals surface area contributed by atoms with Gasteiger partial charge in [-0.3, -0.25) is 0 Å². The number of pyridine rings is 1. The molecule has 0 saturated carbocycles. The predicted octanol–water partition coefficient (Wildman–Crippen LogP) is 4.51. The Morgan fingerprint density at radius 3 is 2.63 bits per heavy atom. The molecule has 4 rings (SSSR count). The third-order valence-corrected chi connectivity index (χ3v) is 4.92. The van der Waals surface area contributed by atoms with Crippen molar-refractivity contribution in [2.75, 3.05) is 13.7 Å². The minimum Gasteiger partial charge on any atom is -0.496 e. The van der Waals surface area contributed by atoms with Gasteiger partial charge in [-0.25, -0.2) is 9.98 Å². The smallest absolute Gasteiger partial charge is 0.220 e. The van der Waals surface area contributed by atoms with Gasteiger partial charge in [0.05, 0.1) is 7.11 Å². The van der Waals surface area contributed by atoms with Crippen molar-refractivity contribution in [2.45, 2.75) is 12.5 Å². The highest BCUT2D eigenvalue weighted by Gasteiger charge is 2.38. The zero-order valence-electron chi connectivity index (χ0n) is 15.1. The molecule has 1 unspecified atom stereocenters. The first-order valence-electron chi connectivity index (χ1n) is 8.66. The van der Waals surface area contributed by atoms with Crippen LogP contribution in [-0.4, -0.2) is 25.1 Å². The summed E-state index contributed by atoms with van der Waals surface area (Å²) < 4.78 is 25.1. The van der Waals surface area contributed by atoms with Crippen LogP contribution in [0.15, 0.2) is 65.8 Å². The lowest BCUT2D eigenvalue weighted by molar-refractivity contribution is 0.290. The standard InChI is InChI=1S/C22H19FN2O2/c1-15-11-18(8-9-20(15)26-2)22(13-27-14-25-22)17-6-3-5-16(12-17)19-7-4-10-24-21(19)23/h3-12,14H,13H2,1-2H3. The Morgan fingerprint density at radius 1 is 1.07 bits per heavy atom. The average molecular weight is 362 g/mol. The molecule has 27 heavy (non-hydrogen) atoms. The first-order valence-corrected chi connectivity index (χ1v) is 8.66. The summed E-state index contributed by atoms with van der Waals surface area (Å²) in [7, 11) is 1.65. The molecule has 0 fully saturated rings. The Bertz CT molecular complexity index is 1020. The van der Waals surface area contributed by atoms with Crippen molar-refractivity contribution in [3.05, 3.63) is 83.4 Å². The Balaban J connectivity index is 1.84. The minimum atomic E-state index is -0.675. The topological polar surface area (TPSA) is 43.7 Å². The number of aryl methyl sites for hydroxylation is 1. The molecule has 5 heteroatoms. The van der Waals surface area contributed by atoms with Crippen molar-refractivity contribution in [1.29, 1.82) is 0 Å². The highest BCUT2D eigenvalue weighted by atomic mass is 19.1. The summed E-state index contributed by atoms with van der Waals surface area (Å²) in [6.45, 7) is 2.38. The summed E-state index contributed by atoms with van der Waals surface area (Å²) >= 11 is 0. The summed E-state index contributed by atoms with van der Waals surface area (Å²) in [5.41, 5.74) is 3.49. The summed E-state index contributed by atoms with van der Waals surface area (Å²) in [4.78, 5) is 8.42. The molecule has 4 nitrogen and oxygen atoms in total. The van der Waals surface area contributed by atoms with Gasteiger partial charge in [-0.15, -0.1) is 0 Å². The fraction of sp³-hybridized carbons (Fsp3) is 0.182. The molecule has 1 aliphatic heterocycles. The normalized spacial score (nSPS) is 18.3. The van der Waals surface area contributed by atoms with Crippen molar-refractivity contribution < 1.29 is 13.9 Å². The summed E-state index contributed by atoms with van der Waals surface area (Å²) in [6, 6.07) is 17.2. The number of ether oxygens (including phenoxy) is 2. The number of rotatable bonds is 4. The number of hydrogen-bond donors (Lipinski definition) is 0. The van der Waals surface area contributed by atoms with Crippen LogP contribution >= 0.6 is 0 Å². The number of benzene rings is 2. The van der Waals surface area contributed by atoms with Crippen molar-refractivity contribution in [3.8, 4) is 16.9 Å². The fourth-order valence-electron chi connectivity index (χ4n) is 3.49. The molecule has 2 heterocycles. The maximum absolute atomic E-state index is 14.2. The maximum atomic E-state index is 14.2. The van der Waals surface area contributed by atoms with Gasteiger partial charge in [0.2, 0.25) is 5.95 Å². The Kier molecular flexibility index (Phi) is 4.36. The van der Waals surface area contributed by atoms with Crippen molar-refractivity contribution in [1.82, 2.24) is 4.98 Å². The van der Waals surface area contributed by atoms with E-state index in [9.17, 15) is 4.39 Å². The fourth-order valence-corrected chi connectivity index (χ4v) is 3.49. The van der Waals surface area contributed by atoms with E-state index in [0.29, 0.717) is 12.2 Å². The second-order valence-electron chi connectivity index (χ2n) is 6.51. The monoisotopic (exact) mass is 362 g/mol. The van der Waals surface area contributed by atoms with E-state index in [1.54, 1.807) is 19.2 Å². The second kappa shape index (κ2) is 6.83. The summed E-state index contributed by atoms with van der Waals surface area (Å²) in [5.74, 6) is 0.332. The Morgan fingerprint density at radius 2 is 1.93 bits per heavy atom. The van der Waals surface area contributed by atoms with Crippen LogP contribution < -0.4 is 4.74 Å². The number of nitrogens with zero attached hydrogens (tertiary/aromatic N) is 2. The second-order valence-corrected chi connectivity index (χ2v) is 6.51. The molecule has 0 saturated heterocycles. The maximum Gasteiger partial charge on any atom is 0.220 e. The lowest BCUT2D eigenvalue weighted by atomic mass is 9.82. The van der Waals surface area contributed by atoms with Gasteiger partial charge >= 0.3 is 0 Å². The molecule has 0 amide bonds. The van der Waals surface area contributed by atoms with Gasteiger partial charge in [-0.1, -0.05) is 24.3 Å². The molecule has 1 aliphatic rings. The van der Waals surface area contributed by atoms with Crippen molar-refractivity contribution >= 4 is 6.40 Å². The van der Waals surface area contributed by atoms with Crippen LogP contribution in [0.4, 0.5) is 4.39 Å². The third-order valence-electron chi connectivity index (χ3n) is 4.92. The molecule has 2 aromatic carbocycles. The van der Waals surface area contributed by atoms with Crippen LogP contribution in [0.5, 0.6) is 5.75 Å². The first-order chi connectivity index (χ1) is 13.1. The van der Waals surface area contributed by atoms with Gasteiger partial charge in [0, 0.05) is 11.8 Å². The zero-order chi connectivity index (χ0) is 18.9. The first kappa shape index (κ1) is 17.2. The molecule has 0 bridgehead atoms. The van der Waals surface area contributed by atoms with Gasteiger partial charge in [0.25, 0.3) is 0 Å². The average Bonchev–Trinajstić information content (AvgIpc) is 3.19. The summed E-state index contributed by atoms with van der Waals surface area (Å²) in [6.07, 6.45) is 2.93. The quantitative estimate of drug-likeness (QED) is 0.642. The number of methoxy groups -OCH3 is 1. The number of hydrogen-bond acceptors (Lipinski definition) is 4. The summed E-state index contributed by atoms with van der Waals surface area (Å²) in [5, 5.41) is 0. The number of halogens is 1. The molecule has 0 aliphatic carbocycles. The Labute approximate surface area is 157 Å². The van der Waals surface area contributed by atoms with Crippen LogP contribution in [0.2, 0.25) is 0 Å². The number of aromatic nitrogens is 1. The van der Waals surface area contributed by atoms with E-state index in [0.717, 1.165) is 28.0 Å². The molecule has 0 N–H and O–H groups in total. The van der Waals surface area contributed by atoms with E-state index in [1.165, 1.54) is 12.6 Å². The molecule has 3 aromatic rings. The predicted molar refractivity (Wildman–Crippen MR) is 103 cm³/mol. The van der Waals surface area contributed by atoms with Gasteiger partial charge in [-0.2, -0.15) is 4.39 Å². The molecular formula is C22H19FN2O2. The van der Waals surface area contributed by atoms with E-state index < -0.39 is 11.5 Å². The van der Waals surface area contributed by atoms with Gasteiger partial charge < -0.3 is 9.47 Å². The molecule has 136 valence electrons. The molecular weight excluding hydrogens is 343 g/mol. The van der Waals surface area contributed by atoms with Gasteiger partial charge in [-0.05, 0) is 59.5 Å². The van der Waals surface area contributed by atoms with Crippen LogP contribution in [0.1, 0.15) is 16.7 Å². The highest BCUT2D eigenvalue weighted by molar-refractivity contribution is 5.66. The van der Waals surface area contributed by atoms with Crippen LogP contribution in [0.3, 0.4) is 0 Å². The third kappa shape index (κ3) is 2.95. The van der Waals surface area contributed by atoms with Crippen LogP contribution in [0.25, 0.3) is 11.1 Å². The molecule has 0 spiro atoms. The number of aliphatic imine (C=N–C) groups is 1. The van der Waals surface area contributed by atoms with Gasteiger partial charge in [0.1, 0.15) is 17.9 Å². The van der Waals surface area contributed by atoms with Gasteiger partial charge in [0.15, 0.2) is 6.40 Å². The zero-order valence-corrected chi connectivity index (χ0v) is 15.1. The van der Waals surface area contributed by atoms with E-state index in [1.807, 2.05) is 43.3 Å². The Hall–Kier alpha value is -3.21. The van der Waals surface area contributed by atoms with Crippen LogP contribution in [0, 0.1) is 12.9 Å². The van der Waals surface area contributed by atoms with E-state index in [2.05, 4.69) is 16.0 Å². The molecule has 1 aromatic heterocycles. The molecule has 0 radical (unpaired) electrons. The van der Waals surface area contributed by atoms with Crippen molar-refractivity contribution in [2.24, 2.45) is 4.99 Å².